The van der Waals surface area contributed by atoms with E-state index >= 15 is 0 Å². The summed E-state index contributed by atoms with van der Waals surface area (Å²) in [4.78, 5) is 4.09. The molecular weight excluding hydrogens is 122 g/mol. The molecule has 0 saturated heterocycles. The van der Waals surface area contributed by atoms with Gasteiger partial charge in [-0.3, -0.25) is 4.98 Å². The molecule has 50 valence electrons. The Labute approximate surface area is 61.1 Å². The third-order valence-electron chi connectivity index (χ3n) is 1.26. The molecule has 1 heterocycles. The van der Waals surface area contributed by atoms with E-state index in [0.717, 1.165) is 5.69 Å². The molecular formula is C9H9N. The van der Waals surface area contributed by atoms with Crippen molar-refractivity contribution in [1.82, 2.24) is 4.98 Å². The predicted molar refractivity (Wildman–Crippen MR) is 41.5 cm³/mol. The van der Waals surface area contributed by atoms with Gasteiger partial charge in [0, 0.05) is 6.20 Å². The molecule has 0 unspecified atom stereocenters. The van der Waals surface area contributed by atoms with Crippen LogP contribution in [-0.4, -0.2) is 4.98 Å². The molecule has 1 aromatic rings. The topological polar surface area (TPSA) is 12.9 Å². The molecule has 0 N–H and O–H groups in total. The van der Waals surface area contributed by atoms with Crippen molar-refractivity contribution in [3.8, 4) is 12.3 Å². The highest BCUT2D eigenvalue weighted by Crippen LogP contribution is 1.99. The Bertz CT molecular complexity index is 258. The van der Waals surface area contributed by atoms with Crippen LogP contribution in [0.15, 0.2) is 18.3 Å². The smallest absolute Gasteiger partial charge is 0.0525 e. The summed E-state index contributed by atoms with van der Waals surface area (Å²) in [5.74, 6) is 2.55. The maximum absolute atomic E-state index is 5.12. The summed E-state index contributed by atoms with van der Waals surface area (Å²) in [7, 11) is 0. The first-order valence-electron chi connectivity index (χ1n) is 3.18. The molecule has 0 aliphatic heterocycles. The molecule has 1 aromatic heterocycles. The van der Waals surface area contributed by atoms with Gasteiger partial charge in [0.2, 0.25) is 0 Å². The number of hydrogen-bond donors (Lipinski definition) is 0. The zero-order valence-corrected chi connectivity index (χ0v) is 5.96. The zero-order valence-electron chi connectivity index (χ0n) is 5.96. The molecule has 1 nitrogen and oxygen atoms in total. The summed E-state index contributed by atoms with van der Waals surface area (Å²) in [5, 5.41) is 0. The molecule has 0 aromatic carbocycles. The number of aryl methyl sites for hydroxylation is 1. The lowest BCUT2D eigenvalue weighted by Crippen LogP contribution is -1.86. The molecule has 0 fully saturated rings. The van der Waals surface area contributed by atoms with Gasteiger partial charge in [-0.05, 0) is 24.6 Å². The van der Waals surface area contributed by atoms with Crippen molar-refractivity contribution < 1.29 is 0 Å². The standard InChI is InChI=1S/C9H9N/c1-3-4-9-7-8(2)5-6-10-9/h1,5-7H,4H2,2H3. The Morgan fingerprint density at radius 3 is 3.10 bits per heavy atom. The Kier molecular flexibility index (Phi) is 2.07. The Hall–Kier alpha value is -1.29. The highest BCUT2D eigenvalue weighted by Gasteiger charge is 1.89. The van der Waals surface area contributed by atoms with Crippen molar-refractivity contribution >= 4 is 0 Å². The molecule has 0 bridgehead atoms. The maximum atomic E-state index is 5.12. The second kappa shape index (κ2) is 3.03. The lowest BCUT2D eigenvalue weighted by atomic mass is 10.2. The van der Waals surface area contributed by atoms with E-state index in [1.54, 1.807) is 6.20 Å². The molecule has 0 saturated carbocycles. The Morgan fingerprint density at radius 2 is 2.50 bits per heavy atom. The van der Waals surface area contributed by atoms with Gasteiger partial charge in [-0.15, -0.1) is 12.3 Å². The number of rotatable bonds is 1. The van der Waals surface area contributed by atoms with E-state index in [1.807, 2.05) is 19.1 Å². The number of nitrogens with zero attached hydrogens (tertiary/aromatic N) is 1. The van der Waals surface area contributed by atoms with Gasteiger partial charge in [-0.2, -0.15) is 0 Å². The fourth-order valence-corrected chi connectivity index (χ4v) is 0.800. The van der Waals surface area contributed by atoms with Gasteiger partial charge in [0.05, 0.1) is 12.1 Å². The SMILES string of the molecule is C#CCc1cc(C)ccn1. The molecule has 0 amide bonds. The number of aromatic nitrogens is 1. The van der Waals surface area contributed by atoms with Gasteiger partial charge in [0.15, 0.2) is 0 Å². The van der Waals surface area contributed by atoms with E-state index in [4.69, 9.17) is 6.42 Å². The first-order chi connectivity index (χ1) is 4.83. The molecule has 1 rings (SSSR count). The lowest BCUT2D eigenvalue weighted by molar-refractivity contribution is 1.12. The zero-order chi connectivity index (χ0) is 7.40. The van der Waals surface area contributed by atoms with E-state index in [9.17, 15) is 0 Å². The normalized spacial score (nSPS) is 8.80. The molecule has 0 aliphatic rings. The summed E-state index contributed by atoms with van der Waals surface area (Å²) < 4.78 is 0. The average molecular weight is 131 g/mol. The third-order valence-corrected chi connectivity index (χ3v) is 1.26. The molecule has 0 atom stereocenters. The minimum Gasteiger partial charge on any atom is -0.260 e. The number of pyridine rings is 1. The van der Waals surface area contributed by atoms with E-state index in [1.165, 1.54) is 5.56 Å². The highest BCUT2D eigenvalue weighted by atomic mass is 14.7. The first-order valence-corrected chi connectivity index (χ1v) is 3.18. The quantitative estimate of drug-likeness (QED) is 0.527. The second-order valence-electron chi connectivity index (χ2n) is 2.21. The highest BCUT2D eigenvalue weighted by molar-refractivity contribution is 5.17. The minimum atomic E-state index is 0.627. The van der Waals surface area contributed by atoms with Crippen molar-refractivity contribution in [3.63, 3.8) is 0 Å². The van der Waals surface area contributed by atoms with Crippen LogP contribution in [0.5, 0.6) is 0 Å². The molecule has 1 heteroatoms. The van der Waals surface area contributed by atoms with Gasteiger partial charge >= 0.3 is 0 Å². The van der Waals surface area contributed by atoms with Crippen LogP contribution in [0.3, 0.4) is 0 Å². The maximum Gasteiger partial charge on any atom is 0.0525 e. The number of terminal acetylenes is 1. The second-order valence-corrected chi connectivity index (χ2v) is 2.21. The minimum absolute atomic E-state index is 0.627. The monoisotopic (exact) mass is 131 g/mol. The van der Waals surface area contributed by atoms with Crippen LogP contribution in [-0.2, 0) is 6.42 Å². The number of hydrogen-bond acceptors (Lipinski definition) is 1. The summed E-state index contributed by atoms with van der Waals surface area (Å²) in [5.41, 5.74) is 2.18. The molecule has 0 aliphatic carbocycles. The fourth-order valence-electron chi connectivity index (χ4n) is 0.800. The Morgan fingerprint density at radius 1 is 1.70 bits per heavy atom. The first kappa shape index (κ1) is 6.82. The van der Waals surface area contributed by atoms with Crippen LogP contribution in [0.25, 0.3) is 0 Å². The van der Waals surface area contributed by atoms with Gasteiger partial charge in [0.1, 0.15) is 0 Å². The van der Waals surface area contributed by atoms with Gasteiger partial charge in [-0.1, -0.05) is 0 Å². The fraction of sp³-hybridized carbons (Fsp3) is 0.222. The lowest BCUT2D eigenvalue weighted by Gasteiger charge is -1.94. The van der Waals surface area contributed by atoms with Crippen molar-refractivity contribution in [2.45, 2.75) is 13.3 Å². The van der Waals surface area contributed by atoms with Crippen LogP contribution < -0.4 is 0 Å². The van der Waals surface area contributed by atoms with Crippen LogP contribution in [0.4, 0.5) is 0 Å². The van der Waals surface area contributed by atoms with Crippen LogP contribution in [0, 0.1) is 19.3 Å². The summed E-state index contributed by atoms with van der Waals surface area (Å²) in [6.45, 7) is 2.03. The van der Waals surface area contributed by atoms with Gasteiger partial charge in [0.25, 0.3) is 0 Å². The summed E-state index contributed by atoms with van der Waals surface area (Å²) >= 11 is 0. The van der Waals surface area contributed by atoms with E-state index < -0.39 is 0 Å². The van der Waals surface area contributed by atoms with Crippen LogP contribution >= 0.6 is 0 Å². The molecule has 0 spiro atoms. The van der Waals surface area contributed by atoms with Crippen molar-refractivity contribution in [2.24, 2.45) is 0 Å². The van der Waals surface area contributed by atoms with E-state index in [2.05, 4.69) is 10.9 Å². The van der Waals surface area contributed by atoms with E-state index in [0.29, 0.717) is 6.42 Å². The van der Waals surface area contributed by atoms with Crippen molar-refractivity contribution in [2.75, 3.05) is 0 Å². The molecule has 0 radical (unpaired) electrons. The van der Waals surface area contributed by atoms with Crippen LogP contribution in [0.1, 0.15) is 11.3 Å². The van der Waals surface area contributed by atoms with E-state index in [-0.39, 0.29) is 0 Å². The largest absolute Gasteiger partial charge is 0.260 e. The summed E-state index contributed by atoms with van der Waals surface area (Å²) in [6.07, 6.45) is 7.53. The van der Waals surface area contributed by atoms with Crippen molar-refractivity contribution in [3.05, 3.63) is 29.6 Å². The Balaban J connectivity index is 2.87. The predicted octanol–water partition coefficient (Wildman–Crippen LogP) is 1.57. The average Bonchev–Trinajstić information content (AvgIpc) is 1.88. The van der Waals surface area contributed by atoms with Gasteiger partial charge < -0.3 is 0 Å². The van der Waals surface area contributed by atoms with Crippen LogP contribution in [0.2, 0.25) is 0 Å². The van der Waals surface area contributed by atoms with Gasteiger partial charge in [-0.25, -0.2) is 0 Å². The third kappa shape index (κ3) is 1.60. The van der Waals surface area contributed by atoms with Crippen molar-refractivity contribution in [1.29, 1.82) is 0 Å². The summed E-state index contributed by atoms with van der Waals surface area (Å²) in [6, 6.07) is 3.96. The molecule has 10 heavy (non-hydrogen) atoms.